The molecule has 0 spiro atoms. The van der Waals surface area contributed by atoms with Crippen LogP contribution >= 0.6 is 0 Å². The average Bonchev–Trinajstić information content (AvgIpc) is 2.74. The van der Waals surface area contributed by atoms with E-state index in [0.717, 1.165) is 12.0 Å². The second kappa shape index (κ2) is 7.59. The molecule has 132 valence electrons. The van der Waals surface area contributed by atoms with Gasteiger partial charge in [0.05, 0.1) is 0 Å². The first kappa shape index (κ1) is 17.2. The number of Topliss-reactive ketones (excluding diaryl/α,β-unsaturated/α-hetero) is 1. The topological polar surface area (TPSA) is 17.1 Å². The van der Waals surface area contributed by atoms with Crippen LogP contribution in [0.15, 0.2) is 91.0 Å². The second-order valence-electron chi connectivity index (χ2n) is 6.92. The summed E-state index contributed by atoms with van der Waals surface area (Å²) in [7, 11) is 0. The maximum absolute atomic E-state index is 12.7. The predicted octanol–water partition coefficient (Wildman–Crippen LogP) is 6.63. The Morgan fingerprint density at radius 1 is 0.741 bits per heavy atom. The highest BCUT2D eigenvalue weighted by Gasteiger charge is 2.14. The van der Waals surface area contributed by atoms with Gasteiger partial charge in [0.15, 0.2) is 5.78 Å². The van der Waals surface area contributed by atoms with Crippen LogP contribution in [0, 0.1) is 6.92 Å². The first-order valence-electron chi connectivity index (χ1n) is 9.39. The first-order valence-corrected chi connectivity index (χ1v) is 9.39. The molecule has 0 atom stereocenters. The lowest BCUT2D eigenvalue weighted by Crippen LogP contribution is -2.03. The smallest absolute Gasteiger partial charge is 0.163 e. The van der Waals surface area contributed by atoms with E-state index in [0.29, 0.717) is 6.42 Å². The molecule has 0 aliphatic rings. The minimum atomic E-state index is 0.194. The minimum absolute atomic E-state index is 0.194. The Balaban J connectivity index is 1.78. The molecule has 1 heteroatoms. The molecule has 0 heterocycles. The number of benzene rings is 4. The zero-order valence-corrected chi connectivity index (χ0v) is 15.5. The molecular weight excluding hydrogens is 328 g/mol. The summed E-state index contributed by atoms with van der Waals surface area (Å²) in [5, 5.41) is 2.51. The van der Waals surface area contributed by atoms with Crippen LogP contribution < -0.4 is 0 Å². The number of carbonyl (C=O) groups excluding carboxylic acids is 1. The molecule has 0 saturated heterocycles. The van der Waals surface area contributed by atoms with E-state index in [1.165, 1.54) is 33.0 Å². The Hall–Kier alpha value is -3.19. The summed E-state index contributed by atoms with van der Waals surface area (Å²) in [6.45, 7) is 2.16. The molecule has 0 aliphatic carbocycles. The number of rotatable bonds is 5. The summed E-state index contributed by atoms with van der Waals surface area (Å²) in [5.74, 6) is 0.194. The molecule has 1 nitrogen and oxygen atoms in total. The molecule has 0 radical (unpaired) electrons. The van der Waals surface area contributed by atoms with E-state index < -0.39 is 0 Å². The SMILES string of the molecule is Cc1cc(-c2ccccc2)c(CCC(=O)c2ccccc2)c2ccccc12. The molecule has 27 heavy (non-hydrogen) atoms. The number of hydrogen-bond donors (Lipinski definition) is 0. The maximum atomic E-state index is 12.7. The van der Waals surface area contributed by atoms with Gasteiger partial charge in [-0.1, -0.05) is 91.0 Å². The van der Waals surface area contributed by atoms with E-state index >= 15 is 0 Å². The van der Waals surface area contributed by atoms with Gasteiger partial charge in [-0.25, -0.2) is 0 Å². The third kappa shape index (κ3) is 3.54. The van der Waals surface area contributed by atoms with Gasteiger partial charge in [0, 0.05) is 12.0 Å². The van der Waals surface area contributed by atoms with Gasteiger partial charge >= 0.3 is 0 Å². The monoisotopic (exact) mass is 350 g/mol. The van der Waals surface area contributed by atoms with Gasteiger partial charge in [-0.3, -0.25) is 4.79 Å². The quantitative estimate of drug-likeness (QED) is 0.369. The molecular formula is C26H22O. The van der Waals surface area contributed by atoms with Crippen LogP contribution in [0.2, 0.25) is 0 Å². The highest BCUT2D eigenvalue weighted by atomic mass is 16.1. The largest absolute Gasteiger partial charge is 0.294 e. The van der Waals surface area contributed by atoms with Crippen LogP contribution in [-0.4, -0.2) is 5.78 Å². The highest BCUT2D eigenvalue weighted by molar-refractivity contribution is 5.98. The van der Waals surface area contributed by atoms with Crippen LogP contribution in [0.1, 0.15) is 27.9 Å². The van der Waals surface area contributed by atoms with Gasteiger partial charge in [-0.05, 0) is 46.4 Å². The summed E-state index contributed by atoms with van der Waals surface area (Å²) in [4.78, 5) is 12.7. The van der Waals surface area contributed by atoms with E-state index in [9.17, 15) is 4.79 Å². The normalized spacial score (nSPS) is 10.9. The lowest BCUT2D eigenvalue weighted by molar-refractivity contribution is 0.0983. The standard InChI is InChI=1S/C26H22O/c1-19-18-25(20-10-4-2-5-11-20)24(23-15-9-8-14-22(19)23)16-17-26(27)21-12-6-3-7-13-21/h2-15,18H,16-17H2,1H3. The maximum Gasteiger partial charge on any atom is 0.163 e. The predicted molar refractivity (Wildman–Crippen MR) is 113 cm³/mol. The minimum Gasteiger partial charge on any atom is -0.294 e. The lowest BCUT2D eigenvalue weighted by atomic mass is 9.88. The van der Waals surface area contributed by atoms with Crippen molar-refractivity contribution >= 4 is 16.6 Å². The van der Waals surface area contributed by atoms with E-state index in [1.54, 1.807) is 0 Å². The molecule has 0 aromatic heterocycles. The Labute approximate surface area is 160 Å². The summed E-state index contributed by atoms with van der Waals surface area (Å²) in [6, 6.07) is 30.8. The molecule has 4 aromatic rings. The summed E-state index contributed by atoms with van der Waals surface area (Å²) < 4.78 is 0. The zero-order valence-electron chi connectivity index (χ0n) is 15.5. The first-order chi connectivity index (χ1) is 13.2. The van der Waals surface area contributed by atoms with Crippen LogP contribution in [0.5, 0.6) is 0 Å². The molecule has 0 bridgehead atoms. The number of aryl methyl sites for hydroxylation is 2. The number of hydrogen-bond acceptors (Lipinski definition) is 1. The Morgan fingerprint density at radius 2 is 1.33 bits per heavy atom. The van der Waals surface area contributed by atoms with Gasteiger partial charge in [0.25, 0.3) is 0 Å². The van der Waals surface area contributed by atoms with Gasteiger partial charge < -0.3 is 0 Å². The van der Waals surface area contributed by atoms with Crippen molar-refractivity contribution in [3.05, 3.63) is 108 Å². The molecule has 0 saturated carbocycles. The van der Waals surface area contributed by atoms with Crippen molar-refractivity contribution in [1.82, 2.24) is 0 Å². The summed E-state index contributed by atoms with van der Waals surface area (Å²) >= 11 is 0. The van der Waals surface area contributed by atoms with E-state index in [4.69, 9.17) is 0 Å². The molecule has 0 amide bonds. The van der Waals surface area contributed by atoms with E-state index in [1.807, 2.05) is 36.4 Å². The van der Waals surface area contributed by atoms with E-state index in [2.05, 4.69) is 61.5 Å². The Bertz CT molecular complexity index is 1080. The van der Waals surface area contributed by atoms with Crippen molar-refractivity contribution in [2.75, 3.05) is 0 Å². The van der Waals surface area contributed by atoms with Crippen LogP contribution in [0.4, 0.5) is 0 Å². The lowest BCUT2D eigenvalue weighted by Gasteiger charge is -2.16. The molecule has 0 N–H and O–H groups in total. The van der Waals surface area contributed by atoms with Crippen molar-refractivity contribution in [2.24, 2.45) is 0 Å². The van der Waals surface area contributed by atoms with Crippen LogP contribution in [-0.2, 0) is 6.42 Å². The van der Waals surface area contributed by atoms with E-state index in [-0.39, 0.29) is 5.78 Å². The highest BCUT2D eigenvalue weighted by Crippen LogP contribution is 2.33. The van der Waals surface area contributed by atoms with Crippen LogP contribution in [0.3, 0.4) is 0 Å². The number of fused-ring (bicyclic) bond motifs is 1. The fraction of sp³-hybridized carbons (Fsp3) is 0.115. The summed E-state index contributed by atoms with van der Waals surface area (Å²) in [6.07, 6.45) is 1.25. The third-order valence-corrected chi connectivity index (χ3v) is 5.15. The molecule has 0 aliphatic heterocycles. The van der Waals surface area contributed by atoms with Crippen molar-refractivity contribution < 1.29 is 4.79 Å². The Kier molecular flexibility index (Phi) is 4.84. The fourth-order valence-electron chi connectivity index (χ4n) is 3.77. The summed E-state index contributed by atoms with van der Waals surface area (Å²) in [5.41, 5.74) is 5.74. The van der Waals surface area contributed by atoms with Crippen molar-refractivity contribution in [2.45, 2.75) is 19.8 Å². The third-order valence-electron chi connectivity index (χ3n) is 5.15. The van der Waals surface area contributed by atoms with Gasteiger partial charge in [0.2, 0.25) is 0 Å². The average molecular weight is 350 g/mol. The van der Waals surface area contributed by atoms with Crippen LogP contribution in [0.25, 0.3) is 21.9 Å². The van der Waals surface area contributed by atoms with Gasteiger partial charge in [-0.2, -0.15) is 0 Å². The van der Waals surface area contributed by atoms with Crippen molar-refractivity contribution in [3.63, 3.8) is 0 Å². The Morgan fingerprint density at radius 3 is 2.04 bits per heavy atom. The molecule has 0 fully saturated rings. The number of ketones is 1. The second-order valence-corrected chi connectivity index (χ2v) is 6.92. The van der Waals surface area contributed by atoms with Gasteiger partial charge in [-0.15, -0.1) is 0 Å². The number of carbonyl (C=O) groups is 1. The van der Waals surface area contributed by atoms with Crippen molar-refractivity contribution in [3.8, 4) is 11.1 Å². The zero-order chi connectivity index (χ0) is 18.6. The van der Waals surface area contributed by atoms with Crippen molar-refractivity contribution in [1.29, 1.82) is 0 Å². The fourth-order valence-corrected chi connectivity index (χ4v) is 3.77. The molecule has 4 aromatic carbocycles. The molecule has 4 rings (SSSR count). The molecule has 0 unspecified atom stereocenters. The van der Waals surface area contributed by atoms with Gasteiger partial charge in [0.1, 0.15) is 0 Å².